The van der Waals surface area contributed by atoms with Gasteiger partial charge in [-0.05, 0) is 17.7 Å². The summed E-state index contributed by atoms with van der Waals surface area (Å²) in [6, 6.07) is 3.74. The van der Waals surface area contributed by atoms with Crippen molar-refractivity contribution < 1.29 is 18.3 Å². The van der Waals surface area contributed by atoms with Gasteiger partial charge in [0.05, 0.1) is 31.9 Å². The summed E-state index contributed by atoms with van der Waals surface area (Å²) in [5.74, 6) is -0.192. The van der Waals surface area contributed by atoms with Crippen molar-refractivity contribution in [3.63, 3.8) is 0 Å². The molecule has 2 atom stereocenters. The van der Waals surface area contributed by atoms with Crippen LogP contribution in [-0.2, 0) is 17.8 Å². The monoisotopic (exact) mass is 390 g/mol. The average Bonchev–Trinajstić information content (AvgIpc) is 3.33. The third kappa shape index (κ3) is 2.35. The number of hydrogen-bond donors (Lipinski definition) is 0. The van der Waals surface area contributed by atoms with E-state index in [1.54, 1.807) is 23.6 Å². The number of ether oxygens (including phenoxy) is 2. The Kier molecular flexibility index (Phi) is 3.67. The lowest BCUT2D eigenvalue weighted by Gasteiger charge is -2.33. The average molecular weight is 390 g/mol. The van der Waals surface area contributed by atoms with Gasteiger partial charge in [-0.2, -0.15) is 4.98 Å². The van der Waals surface area contributed by atoms with Crippen LogP contribution in [0.3, 0.4) is 0 Å². The fourth-order valence-corrected chi connectivity index (χ4v) is 4.67. The zero-order valence-corrected chi connectivity index (χ0v) is 15.6. The topological polar surface area (TPSA) is 59.8 Å². The second-order valence-corrected chi connectivity index (χ2v) is 7.74. The summed E-state index contributed by atoms with van der Waals surface area (Å²) in [5, 5.41) is 0. The first-order chi connectivity index (χ1) is 13.4. The van der Waals surface area contributed by atoms with Crippen LogP contribution in [0.4, 0.5) is 20.4 Å². The van der Waals surface area contributed by atoms with Crippen LogP contribution in [0.2, 0.25) is 0 Å². The van der Waals surface area contributed by atoms with Crippen LogP contribution in [0.5, 0.6) is 5.75 Å². The lowest BCUT2D eigenvalue weighted by Crippen LogP contribution is -2.46. The molecule has 0 aliphatic carbocycles. The summed E-state index contributed by atoms with van der Waals surface area (Å²) < 4.78 is 39.9. The van der Waals surface area contributed by atoms with E-state index in [0.29, 0.717) is 36.8 Å². The zero-order chi connectivity index (χ0) is 19.6. The van der Waals surface area contributed by atoms with E-state index in [4.69, 9.17) is 9.47 Å². The van der Waals surface area contributed by atoms with E-state index < -0.39 is 11.6 Å². The Bertz CT molecular complexity index is 1030. The molecule has 3 aliphatic heterocycles. The molecule has 0 radical (unpaired) electrons. The molecule has 2 aromatic rings. The highest BCUT2D eigenvalue weighted by atomic mass is 19.2. The Morgan fingerprint density at radius 1 is 1.39 bits per heavy atom. The largest absolute Gasteiger partial charge is 0.490 e. The summed E-state index contributed by atoms with van der Waals surface area (Å²) in [6.07, 6.45) is 1.06. The minimum Gasteiger partial charge on any atom is -0.490 e. The van der Waals surface area contributed by atoms with Crippen LogP contribution in [0.15, 0.2) is 23.0 Å². The van der Waals surface area contributed by atoms with Gasteiger partial charge in [-0.25, -0.2) is 13.6 Å². The number of morpholine rings is 1. The first kappa shape index (κ1) is 17.4. The second kappa shape index (κ2) is 5.91. The number of nitrogens with zero attached hydrogens (tertiary/aromatic N) is 4. The smallest absolute Gasteiger partial charge is 0.351 e. The maximum atomic E-state index is 13.5. The number of methoxy groups -OCH3 is 1. The molecule has 3 aliphatic rings. The minimum atomic E-state index is -0.908. The zero-order valence-electron chi connectivity index (χ0n) is 15.6. The van der Waals surface area contributed by atoms with Crippen molar-refractivity contribution in [2.45, 2.75) is 31.2 Å². The van der Waals surface area contributed by atoms with E-state index in [1.807, 2.05) is 0 Å². The number of fused-ring (bicyclic) bond motifs is 3. The molecule has 1 aromatic carbocycles. The molecule has 2 fully saturated rings. The predicted octanol–water partition coefficient (Wildman–Crippen LogP) is 1.53. The van der Waals surface area contributed by atoms with E-state index in [-0.39, 0.29) is 23.9 Å². The van der Waals surface area contributed by atoms with Gasteiger partial charge in [-0.3, -0.25) is 4.57 Å². The Balaban J connectivity index is 1.54. The molecule has 1 aromatic heterocycles. The van der Waals surface area contributed by atoms with Crippen molar-refractivity contribution in [3.8, 4) is 5.75 Å². The van der Waals surface area contributed by atoms with E-state index in [9.17, 15) is 13.6 Å². The van der Waals surface area contributed by atoms with Gasteiger partial charge in [0.2, 0.25) is 5.75 Å². The van der Waals surface area contributed by atoms with Crippen LogP contribution in [-0.4, -0.2) is 48.5 Å². The Hall–Kier alpha value is -2.68. The summed E-state index contributed by atoms with van der Waals surface area (Å²) in [5.41, 5.74) is 0.00870. The van der Waals surface area contributed by atoms with Crippen molar-refractivity contribution in [2.24, 2.45) is 0 Å². The van der Waals surface area contributed by atoms with E-state index in [0.717, 1.165) is 24.4 Å². The van der Waals surface area contributed by atoms with Crippen molar-refractivity contribution in [2.75, 3.05) is 37.1 Å². The van der Waals surface area contributed by atoms with Crippen LogP contribution in [0.25, 0.3) is 0 Å². The SMILES string of the molecule is COc1c(N(C)Cc2ccc(F)c(F)c2)nc(=O)n2c1N1C[C@@H]3C[C@]1(CO3)C2. The molecule has 4 heterocycles. The van der Waals surface area contributed by atoms with Gasteiger partial charge in [0.15, 0.2) is 23.3 Å². The first-order valence-electron chi connectivity index (χ1n) is 9.15. The highest BCUT2D eigenvalue weighted by Gasteiger charge is 2.57. The predicted molar refractivity (Wildman–Crippen MR) is 97.9 cm³/mol. The molecular weight excluding hydrogens is 370 g/mol. The second-order valence-electron chi connectivity index (χ2n) is 7.74. The number of halogens is 2. The molecule has 0 amide bonds. The normalized spacial score (nSPS) is 24.4. The number of aromatic nitrogens is 2. The lowest BCUT2D eigenvalue weighted by molar-refractivity contribution is 0.0855. The van der Waals surface area contributed by atoms with Crippen LogP contribution >= 0.6 is 0 Å². The van der Waals surface area contributed by atoms with Gasteiger partial charge >= 0.3 is 5.69 Å². The highest BCUT2D eigenvalue weighted by Crippen LogP contribution is 2.50. The third-order valence-corrected chi connectivity index (χ3v) is 5.93. The minimum absolute atomic E-state index is 0.171. The van der Waals surface area contributed by atoms with E-state index in [1.165, 1.54) is 6.07 Å². The molecule has 28 heavy (non-hydrogen) atoms. The number of rotatable bonds is 4. The number of hydrogen-bond acceptors (Lipinski definition) is 6. The van der Waals surface area contributed by atoms with Gasteiger partial charge in [0.25, 0.3) is 0 Å². The third-order valence-electron chi connectivity index (χ3n) is 5.93. The summed E-state index contributed by atoms with van der Waals surface area (Å²) in [4.78, 5) is 20.9. The molecule has 148 valence electrons. The molecule has 9 heteroatoms. The Morgan fingerprint density at radius 2 is 2.21 bits per heavy atom. The van der Waals surface area contributed by atoms with Crippen molar-refractivity contribution >= 4 is 11.6 Å². The molecule has 2 bridgehead atoms. The van der Waals surface area contributed by atoms with Gasteiger partial charge in [-0.15, -0.1) is 0 Å². The molecule has 0 N–H and O–H groups in total. The van der Waals surface area contributed by atoms with Crippen LogP contribution < -0.4 is 20.2 Å². The molecule has 5 rings (SSSR count). The standard InChI is InChI=1S/C19H20F2N4O3/c1-23(7-11-3-4-13(20)14(21)5-11)16-15(27-2)17-24(18(26)22-16)9-19-6-12(28-10-19)8-25(17)19/h3-5,12H,6-10H2,1-2H3/t12-,19+/m0/s1. The van der Waals surface area contributed by atoms with Gasteiger partial charge < -0.3 is 19.3 Å². The van der Waals surface area contributed by atoms with E-state index in [2.05, 4.69) is 9.88 Å². The van der Waals surface area contributed by atoms with Crippen LogP contribution in [0, 0.1) is 11.6 Å². The fraction of sp³-hybridized carbons (Fsp3) is 0.474. The first-order valence-corrected chi connectivity index (χ1v) is 9.15. The highest BCUT2D eigenvalue weighted by molar-refractivity contribution is 5.70. The van der Waals surface area contributed by atoms with Gasteiger partial charge in [0.1, 0.15) is 0 Å². The van der Waals surface area contributed by atoms with Crippen LogP contribution in [0.1, 0.15) is 12.0 Å². The molecule has 0 saturated carbocycles. The fourth-order valence-electron chi connectivity index (χ4n) is 4.67. The molecule has 0 unspecified atom stereocenters. The molecule has 2 saturated heterocycles. The van der Waals surface area contributed by atoms with E-state index >= 15 is 0 Å². The Labute approximate surface area is 160 Å². The maximum absolute atomic E-state index is 13.5. The number of benzene rings is 1. The van der Waals surface area contributed by atoms with Crippen molar-refractivity contribution in [3.05, 3.63) is 45.9 Å². The van der Waals surface area contributed by atoms with Gasteiger partial charge in [0, 0.05) is 26.6 Å². The summed E-state index contributed by atoms with van der Waals surface area (Å²) >= 11 is 0. The maximum Gasteiger partial charge on any atom is 0.351 e. The summed E-state index contributed by atoms with van der Waals surface area (Å²) in [6.45, 7) is 2.09. The quantitative estimate of drug-likeness (QED) is 0.789. The molecule has 7 nitrogen and oxygen atoms in total. The van der Waals surface area contributed by atoms with Gasteiger partial charge in [-0.1, -0.05) is 6.07 Å². The van der Waals surface area contributed by atoms with Crippen molar-refractivity contribution in [1.29, 1.82) is 0 Å². The summed E-state index contributed by atoms with van der Waals surface area (Å²) in [7, 11) is 3.29. The lowest BCUT2D eigenvalue weighted by atomic mass is 10.0. The van der Waals surface area contributed by atoms with Crippen molar-refractivity contribution in [1.82, 2.24) is 9.55 Å². The number of anilines is 2. The Morgan fingerprint density at radius 3 is 2.93 bits per heavy atom. The molecular formula is C19H20F2N4O3. The molecule has 1 spiro atoms.